The molecule has 1 aromatic heterocycles. The zero-order valence-corrected chi connectivity index (χ0v) is 13.6. The van der Waals surface area contributed by atoms with E-state index in [4.69, 9.17) is 0 Å². The number of aromatic nitrogens is 2. The SMILES string of the molecule is Cc1nn(CC(=O)N[C@@H]2CCC[C@H](C)[C@@H]2C)c(C)c1[N+](=O)[O-]. The highest BCUT2D eigenvalue weighted by Crippen LogP contribution is 2.29. The van der Waals surface area contributed by atoms with E-state index in [1.165, 1.54) is 11.1 Å². The number of aryl methyl sites for hydroxylation is 1. The first-order valence-corrected chi connectivity index (χ1v) is 7.79. The highest BCUT2D eigenvalue weighted by Gasteiger charge is 2.29. The molecule has 0 bridgehead atoms. The minimum Gasteiger partial charge on any atom is -0.351 e. The van der Waals surface area contributed by atoms with Crippen molar-refractivity contribution >= 4 is 11.6 Å². The molecule has 3 atom stereocenters. The van der Waals surface area contributed by atoms with E-state index in [0.717, 1.165) is 12.8 Å². The summed E-state index contributed by atoms with van der Waals surface area (Å²) in [7, 11) is 0. The zero-order valence-electron chi connectivity index (χ0n) is 13.6. The Bertz CT molecular complexity index is 582. The van der Waals surface area contributed by atoms with Crippen molar-refractivity contribution in [3.8, 4) is 0 Å². The van der Waals surface area contributed by atoms with Gasteiger partial charge in [-0.25, -0.2) is 0 Å². The van der Waals surface area contributed by atoms with Crippen molar-refractivity contribution in [2.75, 3.05) is 0 Å². The van der Waals surface area contributed by atoms with Gasteiger partial charge in [0.1, 0.15) is 17.9 Å². The highest BCUT2D eigenvalue weighted by atomic mass is 16.6. The molecule has 22 heavy (non-hydrogen) atoms. The first kappa shape index (κ1) is 16.5. The molecule has 1 aliphatic rings. The Morgan fingerprint density at radius 2 is 2.09 bits per heavy atom. The summed E-state index contributed by atoms with van der Waals surface area (Å²) in [6, 6.07) is 0.184. The van der Waals surface area contributed by atoms with Crippen LogP contribution in [0.1, 0.15) is 44.5 Å². The number of carbonyl (C=O) groups is 1. The van der Waals surface area contributed by atoms with Crippen LogP contribution >= 0.6 is 0 Å². The Morgan fingerprint density at radius 3 is 2.68 bits per heavy atom. The lowest BCUT2D eigenvalue weighted by atomic mass is 9.78. The summed E-state index contributed by atoms with van der Waals surface area (Å²) >= 11 is 0. The van der Waals surface area contributed by atoms with Gasteiger partial charge in [0.2, 0.25) is 5.91 Å². The van der Waals surface area contributed by atoms with Crippen LogP contribution in [0.25, 0.3) is 0 Å². The van der Waals surface area contributed by atoms with Gasteiger partial charge >= 0.3 is 5.69 Å². The molecule has 1 fully saturated rings. The highest BCUT2D eigenvalue weighted by molar-refractivity contribution is 5.76. The van der Waals surface area contributed by atoms with E-state index in [2.05, 4.69) is 24.3 Å². The average molecular weight is 308 g/mol. The molecule has 1 aliphatic carbocycles. The van der Waals surface area contributed by atoms with Crippen LogP contribution in [0.4, 0.5) is 5.69 Å². The predicted molar refractivity (Wildman–Crippen MR) is 82.5 cm³/mol. The summed E-state index contributed by atoms with van der Waals surface area (Å²) in [5.41, 5.74) is 0.755. The maximum atomic E-state index is 12.2. The molecule has 2 rings (SSSR count). The summed E-state index contributed by atoms with van der Waals surface area (Å²) in [6.07, 6.45) is 3.33. The van der Waals surface area contributed by atoms with Gasteiger partial charge in [0, 0.05) is 6.04 Å². The van der Waals surface area contributed by atoms with Crippen LogP contribution in [0, 0.1) is 35.8 Å². The molecule has 1 heterocycles. The lowest BCUT2D eigenvalue weighted by Crippen LogP contribution is -2.45. The first-order chi connectivity index (χ1) is 10.3. The van der Waals surface area contributed by atoms with Gasteiger partial charge in [0.25, 0.3) is 0 Å². The average Bonchev–Trinajstić information content (AvgIpc) is 2.69. The lowest BCUT2D eigenvalue weighted by molar-refractivity contribution is -0.386. The summed E-state index contributed by atoms with van der Waals surface area (Å²) in [6.45, 7) is 7.62. The number of hydrogen-bond acceptors (Lipinski definition) is 4. The molecular formula is C15H24N4O3. The van der Waals surface area contributed by atoms with Gasteiger partial charge in [-0.3, -0.25) is 19.6 Å². The van der Waals surface area contributed by atoms with Crippen molar-refractivity contribution in [2.45, 2.75) is 59.5 Å². The first-order valence-electron chi connectivity index (χ1n) is 7.79. The fourth-order valence-corrected chi connectivity index (χ4v) is 3.28. The monoisotopic (exact) mass is 308 g/mol. The van der Waals surface area contributed by atoms with E-state index in [1.807, 2.05) is 0 Å². The molecule has 122 valence electrons. The number of rotatable bonds is 4. The summed E-state index contributed by atoms with van der Waals surface area (Å²) in [5.74, 6) is 0.924. The Morgan fingerprint density at radius 1 is 1.41 bits per heavy atom. The van der Waals surface area contributed by atoms with Crippen LogP contribution < -0.4 is 5.32 Å². The number of nitrogens with zero attached hydrogens (tertiary/aromatic N) is 3. The molecule has 1 N–H and O–H groups in total. The van der Waals surface area contributed by atoms with Crippen LogP contribution in [0.5, 0.6) is 0 Å². The number of nitrogens with one attached hydrogen (secondary N) is 1. The largest absolute Gasteiger partial charge is 0.351 e. The van der Waals surface area contributed by atoms with Gasteiger partial charge < -0.3 is 5.32 Å². The molecule has 0 aromatic carbocycles. The lowest BCUT2D eigenvalue weighted by Gasteiger charge is -2.34. The fourth-order valence-electron chi connectivity index (χ4n) is 3.28. The zero-order chi connectivity index (χ0) is 16.4. The molecule has 0 saturated heterocycles. The second-order valence-electron chi connectivity index (χ2n) is 6.38. The van der Waals surface area contributed by atoms with E-state index in [-0.39, 0.29) is 24.2 Å². The quantitative estimate of drug-likeness (QED) is 0.683. The van der Waals surface area contributed by atoms with Crippen molar-refractivity contribution in [1.29, 1.82) is 0 Å². The van der Waals surface area contributed by atoms with Crippen molar-refractivity contribution in [2.24, 2.45) is 11.8 Å². The Balaban J connectivity index is 2.03. The summed E-state index contributed by atoms with van der Waals surface area (Å²) in [5, 5.41) is 18.2. The van der Waals surface area contributed by atoms with Gasteiger partial charge in [-0.05, 0) is 32.1 Å². The molecule has 7 heteroatoms. The third-order valence-corrected chi connectivity index (χ3v) is 4.87. The molecule has 7 nitrogen and oxygen atoms in total. The van der Waals surface area contributed by atoms with E-state index in [1.54, 1.807) is 13.8 Å². The van der Waals surface area contributed by atoms with Gasteiger partial charge in [0.15, 0.2) is 0 Å². The smallest absolute Gasteiger partial charge is 0.312 e. The van der Waals surface area contributed by atoms with Crippen LogP contribution in [-0.4, -0.2) is 26.7 Å². The second kappa shape index (κ2) is 6.46. The maximum absolute atomic E-state index is 12.2. The van der Waals surface area contributed by atoms with Crippen LogP contribution in [0.15, 0.2) is 0 Å². The van der Waals surface area contributed by atoms with Crippen molar-refractivity contribution < 1.29 is 9.72 Å². The fraction of sp³-hybridized carbons (Fsp3) is 0.733. The molecule has 1 amide bonds. The molecule has 0 aliphatic heterocycles. The van der Waals surface area contributed by atoms with Crippen LogP contribution in [0.3, 0.4) is 0 Å². The van der Waals surface area contributed by atoms with Crippen LogP contribution in [-0.2, 0) is 11.3 Å². The number of carbonyl (C=O) groups excluding carboxylic acids is 1. The van der Waals surface area contributed by atoms with Crippen molar-refractivity contribution in [1.82, 2.24) is 15.1 Å². The topological polar surface area (TPSA) is 90.1 Å². The van der Waals surface area contributed by atoms with E-state index in [9.17, 15) is 14.9 Å². The van der Waals surface area contributed by atoms with E-state index < -0.39 is 4.92 Å². The molecule has 1 saturated carbocycles. The van der Waals surface area contributed by atoms with Gasteiger partial charge in [-0.1, -0.05) is 26.7 Å². The maximum Gasteiger partial charge on any atom is 0.312 e. The normalized spacial score (nSPS) is 25.0. The van der Waals surface area contributed by atoms with Gasteiger partial charge in [-0.15, -0.1) is 0 Å². The standard InChI is InChI=1S/C15H24N4O3/c1-9-6-5-7-13(10(9)2)16-14(20)8-18-12(4)15(19(21)22)11(3)17-18/h9-10,13H,5-8H2,1-4H3,(H,16,20)/t9-,10-,13+/m0/s1. The Kier molecular flexibility index (Phi) is 4.83. The Hall–Kier alpha value is -1.92. The Labute approximate surface area is 130 Å². The molecule has 0 radical (unpaired) electrons. The predicted octanol–water partition coefficient (Wildman–Crippen LogP) is 2.35. The van der Waals surface area contributed by atoms with Crippen LogP contribution in [0.2, 0.25) is 0 Å². The van der Waals surface area contributed by atoms with Gasteiger partial charge in [-0.2, -0.15) is 5.10 Å². The minimum atomic E-state index is -0.447. The molecular weight excluding hydrogens is 284 g/mol. The van der Waals surface area contributed by atoms with E-state index in [0.29, 0.717) is 23.2 Å². The third-order valence-electron chi connectivity index (χ3n) is 4.87. The number of amides is 1. The number of nitro groups is 1. The molecule has 0 spiro atoms. The van der Waals surface area contributed by atoms with Crippen molar-refractivity contribution in [3.63, 3.8) is 0 Å². The second-order valence-corrected chi connectivity index (χ2v) is 6.38. The number of hydrogen-bond donors (Lipinski definition) is 1. The third kappa shape index (κ3) is 3.28. The minimum absolute atomic E-state index is 0.00698. The molecule has 0 unspecified atom stereocenters. The van der Waals surface area contributed by atoms with E-state index >= 15 is 0 Å². The molecule has 1 aromatic rings. The van der Waals surface area contributed by atoms with Gasteiger partial charge in [0.05, 0.1) is 4.92 Å². The summed E-state index contributed by atoms with van der Waals surface area (Å²) in [4.78, 5) is 22.8. The summed E-state index contributed by atoms with van der Waals surface area (Å²) < 4.78 is 1.42. The van der Waals surface area contributed by atoms with Crippen molar-refractivity contribution in [3.05, 3.63) is 21.5 Å².